The Hall–Kier alpha value is -0.200. The van der Waals surface area contributed by atoms with Crippen molar-refractivity contribution in [1.82, 2.24) is 0 Å². The second kappa shape index (κ2) is 3.46. The lowest BCUT2D eigenvalue weighted by atomic mass is 10.1. The van der Waals surface area contributed by atoms with Crippen LogP contribution in [-0.2, 0) is 9.47 Å². The molecule has 0 aromatic carbocycles. The summed E-state index contributed by atoms with van der Waals surface area (Å²) in [7, 11) is 1.36. The minimum Gasteiger partial charge on any atom is -0.388 e. The van der Waals surface area contributed by atoms with Gasteiger partial charge in [-0.3, -0.25) is 0 Å². The molecule has 0 unspecified atom stereocenters. The molecule has 1 fully saturated rings. The molecule has 5 heteroatoms. The van der Waals surface area contributed by atoms with Crippen LogP contribution >= 0.6 is 0 Å². The van der Waals surface area contributed by atoms with Gasteiger partial charge >= 0.3 is 0 Å². The molecule has 3 N–H and O–H groups in total. The quantitative estimate of drug-likeness (QED) is 0.420. The molecule has 0 bridgehead atoms. The monoisotopic (exact) mass is 164 g/mol. The summed E-state index contributed by atoms with van der Waals surface area (Å²) in [6.07, 6.45) is -4.23. The van der Waals surface area contributed by atoms with Gasteiger partial charge in [0.05, 0.1) is 6.61 Å². The van der Waals surface area contributed by atoms with Crippen molar-refractivity contribution in [2.45, 2.75) is 24.6 Å². The van der Waals surface area contributed by atoms with E-state index in [4.69, 9.17) is 20.1 Å². The van der Waals surface area contributed by atoms with Gasteiger partial charge in [-0.2, -0.15) is 0 Å². The predicted octanol–water partition coefficient (Wildman–Crippen LogP) is -1.93. The van der Waals surface area contributed by atoms with Crippen molar-refractivity contribution >= 4 is 0 Å². The number of aliphatic hydroxyl groups is 3. The van der Waals surface area contributed by atoms with Crippen molar-refractivity contribution in [2.24, 2.45) is 0 Å². The van der Waals surface area contributed by atoms with Crippen LogP contribution in [0.15, 0.2) is 0 Å². The predicted molar refractivity (Wildman–Crippen MR) is 34.8 cm³/mol. The first kappa shape index (κ1) is 8.89. The highest BCUT2D eigenvalue weighted by atomic mass is 16.7. The third-order valence-electron chi connectivity index (χ3n) is 1.69. The Morgan fingerprint density at radius 2 is 1.91 bits per heavy atom. The molecule has 0 aromatic rings. The van der Waals surface area contributed by atoms with Crippen molar-refractivity contribution < 1.29 is 24.8 Å². The molecule has 1 heterocycles. The van der Waals surface area contributed by atoms with Gasteiger partial charge in [0.15, 0.2) is 6.29 Å². The number of aliphatic hydroxyl groups excluding tert-OH is 3. The van der Waals surface area contributed by atoms with E-state index in [2.05, 4.69) is 4.74 Å². The maximum absolute atomic E-state index is 9.15. The Morgan fingerprint density at radius 3 is 2.45 bits per heavy atom. The van der Waals surface area contributed by atoms with Crippen molar-refractivity contribution in [2.75, 3.05) is 13.7 Å². The van der Waals surface area contributed by atoms with Gasteiger partial charge in [-0.15, -0.1) is 0 Å². The Morgan fingerprint density at radius 1 is 1.27 bits per heavy atom. The summed E-state index contributed by atoms with van der Waals surface area (Å²) in [5, 5.41) is 27.2. The molecule has 0 saturated carbocycles. The van der Waals surface area contributed by atoms with Gasteiger partial charge < -0.3 is 24.8 Å². The van der Waals surface area contributed by atoms with Gasteiger partial charge in [-0.05, 0) is 0 Å². The zero-order valence-electron chi connectivity index (χ0n) is 6.17. The molecule has 0 aromatic heterocycles. The second-order valence-electron chi connectivity index (χ2n) is 2.49. The molecule has 1 aliphatic rings. The summed E-state index contributed by atoms with van der Waals surface area (Å²) >= 11 is 0. The summed E-state index contributed by atoms with van der Waals surface area (Å²) in [4.78, 5) is 0. The molecule has 0 spiro atoms. The first-order valence-electron chi connectivity index (χ1n) is 3.35. The maximum Gasteiger partial charge on any atom is 0.185 e. The molecule has 1 rings (SSSR count). The van der Waals surface area contributed by atoms with Crippen LogP contribution in [0.25, 0.3) is 0 Å². The topological polar surface area (TPSA) is 79.2 Å². The van der Waals surface area contributed by atoms with E-state index in [1.807, 2.05) is 0 Å². The zero-order valence-corrected chi connectivity index (χ0v) is 6.17. The number of ether oxygens (including phenoxy) is 2. The SMILES string of the molecule is CO[C@@H]1OC[C@@H](O)[C@H](O)[C@H]1O. The third kappa shape index (κ3) is 1.69. The Bertz CT molecular complexity index is 126. The van der Waals surface area contributed by atoms with Crippen molar-refractivity contribution in [3.8, 4) is 0 Å². The van der Waals surface area contributed by atoms with Crippen LogP contribution in [0.2, 0.25) is 0 Å². The summed E-state index contributed by atoms with van der Waals surface area (Å²) < 4.78 is 9.52. The summed E-state index contributed by atoms with van der Waals surface area (Å²) in [6, 6.07) is 0. The summed E-state index contributed by atoms with van der Waals surface area (Å²) in [5.74, 6) is 0. The average molecular weight is 164 g/mol. The van der Waals surface area contributed by atoms with E-state index in [1.165, 1.54) is 7.11 Å². The van der Waals surface area contributed by atoms with E-state index in [9.17, 15) is 0 Å². The molecule has 5 nitrogen and oxygen atoms in total. The largest absolute Gasteiger partial charge is 0.388 e. The van der Waals surface area contributed by atoms with Gasteiger partial charge in [0.2, 0.25) is 0 Å². The van der Waals surface area contributed by atoms with Crippen molar-refractivity contribution in [1.29, 1.82) is 0 Å². The molecular weight excluding hydrogens is 152 g/mol. The molecule has 0 amide bonds. The van der Waals surface area contributed by atoms with E-state index in [0.29, 0.717) is 0 Å². The number of hydrogen-bond acceptors (Lipinski definition) is 5. The lowest BCUT2D eigenvalue weighted by Gasteiger charge is -2.33. The van der Waals surface area contributed by atoms with Crippen LogP contribution in [0.1, 0.15) is 0 Å². The van der Waals surface area contributed by atoms with Gasteiger partial charge in [-0.1, -0.05) is 0 Å². The van der Waals surface area contributed by atoms with E-state index in [-0.39, 0.29) is 6.61 Å². The highest BCUT2D eigenvalue weighted by Gasteiger charge is 2.37. The zero-order chi connectivity index (χ0) is 8.43. The first-order chi connectivity index (χ1) is 5.16. The van der Waals surface area contributed by atoms with Crippen molar-refractivity contribution in [3.63, 3.8) is 0 Å². The fraction of sp³-hybridized carbons (Fsp3) is 1.00. The molecular formula is C6H12O5. The van der Waals surface area contributed by atoms with Gasteiger partial charge in [0, 0.05) is 7.11 Å². The van der Waals surface area contributed by atoms with Gasteiger partial charge in [-0.25, -0.2) is 0 Å². The average Bonchev–Trinajstić information content (AvgIpc) is 2.01. The maximum atomic E-state index is 9.15. The smallest absolute Gasteiger partial charge is 0.185 e. The van der Waals surface area contributed by atoms with Crippen LogP contribution in [0, 0.1) is 0 Å². The molecule has 66 valence electrons. The standard InChI is InChI=1S/C6H12O5/c1-10-6-5(9)4(8)3(7)2-11-6/h3-9H,2H2,1H3/t3-,4+,5-,6-/m1/s1. The fourth-order valence-electron chi connectivity index (χ4n) is 0.987. The summed E-state index contributed by atoms with van der Waals surface area (Å²) in [6.45, 7) is -0.0171. The second-order valence-corrected chi connectivity index (χ2v) is 2.49. The number of rotatable bonds is 1. The highest BCUT2D eigenvalue weighted by molar-refractivity contribution is 4.81. The van der Waals surface area contributed by atoms with Gasteiger partial charge in [0.25, 0.3) is 0 Å². The highest BCUT2D eigenvalue weighted by Crippen LogP contribution is 2.15. The van der Waals surface area contributed by atoms with Crippen LogP contribution in [0.5, 0.6) is 0 Å². The molecule has 1 saturated heterocycles. The van der Waals surface area contributed by atoms with E-state index in [0.717, 1.165) is 0 Å². The first-order valence-corrected chi connectivity index (χ1v) is 3.35. The molecule has 4 atom stereocenters. The van der Waals surface area contributed by atoms with E-state index in [1.54, 1.807) is 0 Å². The van der Waals surface area contributed by atoms with Crippen LogP contribution < -0.4 is 0 Å². The molecule has 11 heavy (non-hydrogen) atoms. The lowest BCUT2D eigenvalue weighted by Crippen LogP contribution is -2.53. The minimum absolute atomic E-state index is 0.0171. The van der Waals surface area contributed by atoms with Crippen LogP contribution in [0.4, 0.5) is 0 Å². The van der Waals surface area contributed by atoms with Crippen molar-refractivity contribution in [3.05, 3.63) is 0 Å². The molecule has 0 aliphatic carbocycles. The lowest BCUT2D eigenvalue weighted by molar-refractivity contribution is -0.261. The van der Waals surface area contributed by atoms with E-state index < -0.39 is 24.6 Å². The number of hydrogen-bond donors (Lipinski definition) is 3. The summed E-state index contributed by atoms with van der Waals surface area (Å²) in [5.41, 5.74) is 0. The van der Waals surface area contributed by atoms with Crippen LogP contribution in [-0.4, -0.2) is 53.6 Å². The van der Waals surface area contributed by atoms with Crippen LogP contribution in [0.3, 0.4) is 0 Å². The fourth-order valence-corrected chi connectivity index (χ4v) is 0.987. The van der Waals surface area contributed by atoms with E-state index >= 15 is 0 Å². The Balaban J connectivity index is 2.52. The molecule has 0 radical (unpaired) electrons. The minimum atomic E-state index is -1.19. The third-order valence-corrected chi connectivity index (χ3v) is 1.69. The number of methoxy groups -OCH3 is 1. The normalized spacial score (nSPS) is 45.8. The Labute approximate surface area is 64.2 Å². The Kier molecular flexibility index (Phi) is 2.80. The molecule has 1 aliphatic heterocycles. The van der Waals surface area contributed by atoms with Gasteiger partial charge in [0.1, 0.15) is 18.3 Å².